The summed E-state index contributed by atoms with van der Waals surface area (Å²) in [5, 5.41) is 0.991. The SMILES string of the molecule is Cc1c(C(=O)N2CCCC23CCN(C(=O)OC(C(F)(F)F)C(F)(F)F)CC3)sc2ccccc12. The molecule has 0 radical (unpaired) electrons. The van der Waals surface area contributed by atoms with Crippen LogP contribution in [0, 0.1) is 6.92 Å². The van der Waals surface area contributed by atoms with E-state index in [-0.39, 0.29) is 31.8 Å². The number of carbonyl (C=O) groups is 2. The van der Waals surface area contributed by atoms with Crippen LogP contribution < -0.4 is 0 Å². The molecule has 0 atom stereocenters. The molecule has 34 heavy (non-hydrogen) atoms. The van der Waals surface area contributed by atoms with Crippen LogP contribution in [-0.2, 0) is 4.74 Å². The lowest BCUT2D eigenvalue weighted by molar-refractivity contribution is -0.308. The highest BCUT2D eigenvalue weighted by Gasteiger charge is 2.60. The van der Waals surface area contributed by atoms with Gasteiger partial charge >= 0.3 is 18.4 Å². The zero-order valence-electron chi connectivity index (χ0n) is 18.1. The maximum Gasteiger partial charge on any atom is 0.434 e. The fraction of sp³-hybridized carbons (Fsp3) is 0.545. The van der Waals surface area contributed by atoms with Gasteiger partial charge in [-0.1, -0.05) is 18.2 Å². The molecule has 2 amide bonds. The number of likely N-dealkylation sites (tertiary alicyclic amines) is 2. The van der Waals surface area contributed by atoms with Gasteiger partial charge in [-0.25, -0.2) is 4.79 Å². The third kappa shape index (κ3) is 4.44. The Bertz CT molecular complexity index is 1070. The summed E-state index contributed by atoms with van der Waals surface area (Å²) in [6, 6.07) is 7.66. The van der Waals surface area contributed by atoms with Crippen LogP contribution in [-0.4, -0.2) is 65.4 Å². The molecule has 2 aliphatic rings. The molecule has 0 N–H and O–H groups in total. The number of nitrogens with zero attached hydrogens (tertiary/aromatic N) is 2. The third-order valence-corrected chi connectivity index (χ3v) is 7.91. The van der Waals surface area contributed by atoms with E-state index in [0.29, 0.717) is 17.8 Å². The summed E-state index contributed by atoms with van der Waals surface area (Å²) in [6.07, 6.45) is -15.5. The van der Waals surface area contributed by atoms with Crippen molar-refractivity contribution in [3.05, 3.63) is 34.7 Å². The van der Waals surface area contributed by atoms with Gasteiger partial charge in [0.15, 0.2) is 0 Å². The Kier molecular flexibility index (Phi) is 6.24. The van der Waals surface area contributed by atoms with E-state index in [1.54, 1.807) is 4.90 Å². The summed E-state index contributed by atoms with van der Waals surface area (Å²) >= 11 is 1.39. The zero-order valence-corrected chi connectivity index (χ0v) is 18.9. The van der Waals surface area contributed by atoms with Crippen molar-refractivity contribution < 1.29 is 40.7 Å². The van der Waals surface area contributed by atoms with E-state index in [0.717, 1.165) is 27.0 Å². The molecule has 0 bridgehead atoms. The Labute approximate surface area is 195 Å². The number of benzene rings is 1. The predicted octanol–water partition coefficient (Wildman–Crippen LogP) is 5.91. The van der Waals surface area contributed by atoms with Gasteiger partial charge in [0.2, 0.25) is 0 Å². The van der Waals surface area contributed by atoms with Crippen molar-refractivity contribution in [2.24, 2.45) is 0 Å². The Balaban J connectivity index is 1.47. The lowest BCUT2D eigenvalue weighted by Crippen LogP contribution is -2.56. The average molecular weight is 508 g/mol. The first kappa shape index (κ1) is 24.6. The van der Waals surface area contributed by atoms with E-state index >= 15 is 0 Å². The van der Waals surface area contributed by atoms with E-state index in [9.17, 15) is 35.9 Å². The molecule has 1 aromatic carbocycles. The normalized spacial score (nSPS) is 18.8. The van der Waals surface area contributed by atoms with E-state index < -0.39 is 30.1 Å². The van der Waals surface area contributed by atoms with Crippen LogP contribution in [0.4, 0.5) is 31.1 Å². The lowest BCUT2D eigenvalue weighted by atomic mass is 9.85. The number of halogens is 6. The van der Waals surface area contributed by atoms with E-state index in [1.807, 2.05) is 31.2 Å². The lowest BCUT2D eigenvalue weighted by Gasteiger charge is -2.44. The molecule has 2 aliphatic heterocycles. The minimum atomic E-state index is -5.76. The molecule has 4 rings (SSSR count). The number of alkyl halides is 6. The van der Waals surface area contributed by atoms with Crippen molar-refractivity contribution in [1.82, 2.24) is 9.80 Å². The van der Waals surface area contributed by atoms with Crippen LogP contribution in [0.5, 0.6) is 0 Å². The smallest absolute Gasteiger partial charge is 0.426 e. The summed E-state index contributed by atoms with van der Waals surface area (Å²) in [5.74, 6) is -0.138. The molecule has 186 valence electrons. The second-order valence-corrected chi connectivity index (χ2v) is 9.72. The van der Waals surface area contributed by atoms with Crippen molar-refractivity contribution in [3.8, 4) is 0 Å². The number of thiophene rings is 1. The van der Waals surface area contributed by atoms with Gasteiger partial charge in [-0.15, -0.1) is 11.3 Å². The number of piperidine rings is 1. The second-order valence-electron chi connectivity index (χ2n) is 8.67. The first-order valence-electron chi connectivity index (χ1n) is 10.7. The van der Waals surface area contributed by atoms with E-state index in [1.165, 1.54) is 11.3 Å². The molecule has 0 aliphatic carbocycles. The maximum absolute atomic E-state index is 13.5. The molecule has 2 aromatic rings. The molecule has 5 nitrogen and oxygen atoms in total. The summed E-state index contributed by atoms with van der Waals surface area (Å²) in [6.45, 7) is 2.18. The number of hydrogen-bond acceptors (Lipinski definition) is 4. The van der Waals surface area contributed by atoms with Crippen molar-refractivity contribution in [2.45, 2.75) is 56.6 Å². The van der Waals surface area contributed by atoms with Crippen LogP contribution in [0.15, 0.2) is 24.3 Å². The highest BCUT2D eigenvalue weighted by molar-refractivity contribution is 7.21. The predicted molar refractivity (Wildman–Crippen MR) is 113 cm³/mol. The highest BCUT2D eigenvalue weighted by atomic mass is 32.1. The largest absolute Gasteiger partial charge is 0.434 e. The number of carbonyl (C=O) groups excluding carboxylic acids is 2. The van der Waals surface area contributed by atoms with Crippen molar-refractivity contribution >= 4 is 33.4 Å². The average Bonchev–Trinajstić information content (AvgIpc) is 3.32. The molecule has 1 spiro atoms. The summed E-state index contributed by atoms with van der Waals surface area (Å²) < 4.78 is 81.2. The summed E-state index contributed by atoms with van der Waals surface area (Å²) in [5.41, 5.74) is 0.281. The van der Waals surface area contributed by atoms with Gasteiger partial charge in [0.1, 0.15) is 0 Å². The molecule has 12 heteroatoms. The van der Waals surface area contributed by atoms with Gasteiger partial charge in [-0.05, 0) is 49.6 Å². The zero-order chi connectivity index (χ0) is 24.9. The first-order chi connectivity index (χ1) is 15.8. The Morgan fingerprint density at radius 3 is 2.21 bits per heavy atom. The van der Waals surface area contributed by atoms with Crippen LogP contribution in [0.3, 0.4) is 0 Å². The fourth-order valence-electron chi connectivity index (χ4n) is 4.88. The van der Waals surface area contributed by atoms with Gasteiger partial charge < -0.3 is 14.5 Å². The van der Waals surface area contributed by atoms with E-state index in [2.05, 4.69) is 4.74 Å². The van der Waals surface area contributed by atoms with Crippen LogP contribution in [0.25, 0.3) is 10.1 Å². The Morgan fingerprint density at radius 2 is 1.62 bits per heavy atom. The molecular weight excluding hydrogens is 486 g/mol. The monoisotopic (exact) mass is 508 g/mol. The minimum Gasteiger partial charge on any atom is -0.426 e. The number of ether oxygens (including phenoxy) is 1. The van der Waals surface area contributed by atoms with Gasteiger partial charge in [-0.3, -0.25) is 4.79 Å². The van der Waals surface area contributed by atoms with Crippen molar-refractivity contribution in [3.63, 3.8) is 0 Å². The third-order valence-electron chi connectivity index (χ3n) is 6.65. The number of aryl methyl sites for hydroxylation is 1. The minimum absolute atomic E-state index is 0.101. The van der Waals surface area contributed by atoms with Gasteiger partial charge in [0.25, 0.3) is 12.0 Å². The Morgan fingerprint density at radius 1 is 1.00 bits per heavy atom. The standard InChI is InChI=1S/C22H22F6N2O3S/c1-13-14-5-2-3-6-15(14)34-16(13)17(31)30-10-4-7-20(30)8-11-29(12-9-20)19(32)33-18(21(23,24)25)22(26,27)28/h2-3,5-6,18H,4,7-12H2,1H3. The summed E-state index contributed by atoms with van der Waals surface area (Å²) in [4.78, 5) is 28.8. The van der Waals surface area contributed by atoms with E-state index in [4.69, 9.17) is 0 Å². The molecular formula is C22H22F6N2O3S. The highest BCUT2D eigenvalue weighted by Crippen LogP contribution is 2.42. The molecule has 0 unspecified atom stereocenters. The van der Waals surface area contributed by atoms with Crippen LogP contribution in [0.1, 0.15) is 40.9 Å². The van der Waals surface area contributed by atoms with Crippen LogP contribution in [0.2, 0.25) is 0 Å². The number of amides is 2. The molecule has 0 saturated carbocycles. The van der Waals surface area contributed by atoms with Crippen molar-refractivity contribution in [1.29, 1.82) is 0 Å². The van der Waals surface area contributed by atoms with Crippen molar-refractivity contribution in [2.75, 3.05) is 19.6 Å². The quantitative estimate of drug-likeness (QED) is 0.474. The first-order valence-corrected chi connectivity index (χ1v) is 11.5. The van der Waals surface area contributed by atoms with Gasteiger partial charge in [0.05, 0.1) is 4.88 Å². The molecule has 2 fully saturated rings. The topological polar surface area (TPSA) is 49.9 Å². The summed E-state index contributed by atoms with van der Waals surface area (Å²) in [7, 11) is 0. The van der Waals surface area contributed by atoms with Crippen LogP contribution >= 0.6 is 11.3 Å². The maximum atomic E-state index is 13.5. The molecule has 2 saturated heterocycles. The molecule has 1 aromatic heterocycles. The second kappa shape index (κ2) is 8.62. The Hall–Kier alpha value is -2.50. The number of rotatable bonds is 2. The fourth-order valence-corrected chi connectivity index (χ4v) is 6.03. The molecule has 3 heterocycles. The number of hydrogen-bond donors (Lipinski definition) is 0. The van der Waals surface area contributed by atoms with Gasteiger partial charge in [0, 0.05) is 29.9 Å². The van der Waals surface area contributed by atoms with Gasteiger partial charge in [-0.2, -0.15) is 26.3 Å². The number of fused-ring (bicyclic) bond motifs is 1.